The molecule has 0 aliphatic carbocycles. The van der Waals surface area contributed by atoms with Crippen molar-refractivity contribution in [2.24, 2.45) is 0 Å². The summed E-state index contributed by atoms with van der Waals surface area (Å²) in [7, 11) is -0.980. The number of phenolic OH excluding ortho intramolecular Hbond substituents is 2. The molecule has 0 spiro atoms. The van der Waals surface area contributed by atoms with Gasteiger partial charge >= 0.3 is 0 Å². The van der Waals surface area contributed by atoms with Crippen LogP contribution in [0.5, 0.6) is 11.5 Å². The number of rotatable bonds is 2. The molecule has 0 radical (unpaired) electrons. The molecule has 4 aromatic rings. The smallest absolute Gasteiger partial charge is 0.131 e. The van der Waals surface area contributed by atoms with Gasteiger partial charge in [-0.15, -0.1) is 0 Å². The highest BCUT2D eigenvalue weighted by Gasteiger charge is 2.32. The summed E-state index contributed by atoms with van der Waals surface area (Å²) in [4.78, 5) is 0. The predicted octanol–water partition coefficient (Wildman–Crippen LogP) is 5.64. The maximum Gasteiger partial charge on any atom is 0.131 e. The monoisotopic (exact) mass is 374 g/mol. The van der Waals surface area contributed by atoms with Crippen LogP contribution < -0.4 is 10.6 Å². The van der Waals surface area contributed by atoms with E-state index in [9.17, 15) is 10.2 Å². The van der Waals surface area contributed by atoms with Gasteiger partial charge in [0, 0.05) is 21.4 Å². The predicted molar refractivity (Wildman–Crippen MR) is 117 cm³/mol. The molecule has 2 nitrogen and oxygen atoms in total. The Balaban J connectivity index is 1.99. The Labute approximate surface area is 160 Å². The van der Waals surface area contributed by atoms with Crippen LogP contribution in [0, 0.1) is 0 Å². The van der Waals surface area contributed by atoms with Crippen molar-refractivity contribution in [1.82, 2.24) is 0 Å². The Morgan fingerprint density at radius 3 is 1.41 bits per heavy atom. The third kappa shape index (κ3) is 3.05. The van der Waals surface area contributed by atoms with Gasteiger partial charge in [0.15, 0.2) is 0 Å². The molecule has 0 bridgehead atoms. The quantitative estimate of drug-likeness (QED) is 0.446. The molecule has 0 unspecified atom stereocenters. The molecule has 0 atom stereocenters. The highest BCUT2D eigenvalue weighted by atomic mass is 31.1. The standard InChI is InChI=1S/C24H23O2P/c1-24(2,3)27(20-14-12-16-8-4-6-10-18(16)22(20)25)21-15-13-17-9-5-7-11-19(17)23(21)26/h4-15,25-26H,1-3H3. The number of benzene rings is 4. The Morgan fingerprint density at radius 1 is 0.593 bits per heavy atom. The van der Waals surface area contributed by atoms with Crippen molar-refractivity contribution in [2.75, 3.05) is 0 Å². The first-order valence-corrected chi connectivity index (χ1v) is 10.4. The summed E-state index contributed by atoms with van der Waals surface area (Å²) >= 11 is 0. The maximum atomic E-state index is 11.1. The zero-order valence-corrected chi connectivity index (χ0v) is 16.7. The van der Waals surface area contributed by atoms with E-state index in [0.29, 0.717) is 11.5 Å². The number of fused-ring (bicyclic) bond motifs is 2. The van der Waals surface area contributed by atoms with E-state index in [1.54, 1.807) is 0 Å². The van der Waals surface area contributed by atoms with E-state index < -0.39 is 7.92 Å². The zero-order valence-electron chi connectivity index (χ0n) is 15.8. The Morgan fingerprint density at radius 2 is 1.00 bits per heavy atom. The molecule has 0 amide bonds. The Kier molecular flexibility index (Phi) is 4.32. The highest BCUT2D eigenvalue weighted by Crippen LogP contribution is 2.52. The lowest BCUT2D eigenvalue weighted by atomic mass is 10.1. The summed E-state index contributed by atoms with van der Waals surface area (Å²) in [5.74, 6) is 0.642. The van der Waals surface area contributed by atoms with Gasteiger partial charge in [-0.05, 0) is 36.0 Å². The van der Waals surface area contributed by atoms with Gasteiger partial charge < -0.3 is 10.2 Å². The minimum Gasteiger partial charge on any atom is -0.507 e. The first kappa shape index (κ1) is 17.8. The number of phenols is 2. The summed E-state index contributed by atoms with van der Waals surface area (Å²) in [6, 6.07) is 23.9. The number of hydrogen-bond donors (Lipinski definition) is 2. The van der Waals surface area contributed by atoms with Crippen LogP contribution in [0.2, 0.25) is 0 Å². The summed E-state index contributed by atoms with van der Waals surface area (Å²) < 4.78 is 0. The minimum atomic E-state index is -0.980. The third-order valence-electron chi connectivity index (χ3n) is 4.91. The molecule has 0 aliphatic rings. The van der Waals surface area contributed by atoms with Gasteiger partial charge in [-0.2, -0.15) is 0 Å². The SMILES string of the molecule is CC(C)(C)P(c1ccc2ccccc2c1O)c1ccc2ccccc2c1O. The van der Waals surface area contributed by atoms with Crippen LogP contribution in [0.1, 0.15) is 20.8 Å². The van der Waals surface area contributed by atoms with Crippen molar-refractivity contribution in [3.8, 4) is 11.5 Å². The molecule has 0 fully saturated rings. The number of aromatic hydroxyl groups is 2. The molecular weight excluding hydrogens is 351 g/mol. The molecule has 0 aliphatic heterocycles. The fourth-order valence-electron chi connectivity index (χ4n) is 3.70. The lowest BCUT2D eigenvalue weighted by Gasteiger charge is -2.33. The Bertz CT molecular complexity index is 1060. The fourth-order valence-corrected chi connectivity index (χ4v) is 6.52. The molecule has 27 heavy (non-hydrogen) atoms. The second kappa shape index (κ2) is 6.55. The lowest BCUT2D eigenvalue weighted by Crippen LogP contribution is -2.27. The zero-order chi connectivity index (χ0) is 19.2. The molecular formula is C24H23O2P. The Hall–Kier alpha value is -2.57. The summed E-state index contributed by atoms with van der Waals surface area (Å²) in [6.07, 6.45) is 0. The van der Waals surface area contributed by atoms with Gasteiger partial charge in [-0.1, -0.05) is 81.4 Å². The molecule has 3 heteroatoms. The molecule has 2 N–H and O–H groups in total. The van der Waals surface area contributed by atoms with Crippen molar-refractivity contribution in [1.29, 1.82) is 0 Å². The first-order chi connectivity index (χ1) is 12.9. The molecule has 0 saturated carbocycles. The van der Waals surface area contributed by atoms with Gasteiger partial charge in [0.25, 0.3) is 0 Å². The molecule has 4 rings (SSSR count). The van der Waals surface area contributed by atoms with Gasteiger partial charge in [0.1, 0.15) is 11.5 Å². The van der Waals surface area contributed by atoms with E-state index >= 15 is 0 Å². The van der Waals surface area contributed by atoms with Crippen LogP contribution in [-0.2, 0) is 0 Å². The van der Waals surface area contributed by atoms with Crippen LogP contribution in [-0.4, -0.2) is 15.4 Å². The van der Waals surface area contributed by atoms with Gasteiger partial charge in [0.05, 0.1) is 0 Å². The van der Waals surface area contributed by atoms with Crippen LogP contribution in [0.4, 0.5) is 0 Å². The van der Waals surface area contributed by atoms with E-state index in [0.717, 1.165) is 32.2 Å². The van der Waals surface area contributed by atoms with Crippen molar-refractivity contribution >= 4 is 40.1 Å². The van der Waals surface area contributed by atoms with Crippen LogP contribution in [0.15, 0.2) is 72.8 Å². The normalized spacial score (nSPS) is 12.1. The van der Waals surface area contributed by atoms with Crippen LogP contribution in [0.3, 0.4) is 0 Å². The van der Waals surface area contributed by atoms with Gasteiger partial charge in [-0.3, -0.25) is 0 Å². The molecule has 0 heterocycles. The summed E-state index contributed by atoms with van der Waals surface area (Å²) in [6.45, 7) is 6.51. The molecule has 0 saturated heterocycles. The van der Waals surface area contributed by atoms with E-state index in [1.807, 2.05) is 60.7 Å². The van der Waals surface area contributed by atoms with E-state index in [1.165, 1.54) is 0 Å². The molecule has 4 aromatic carbocycles. The largest absolute Gasteiger partial charge is 0.507 e. The van der Waals surface area contributed by atoms with Gasteiger partial charge in [0.2, 0.25) is 0 Å². The molecule has 136 valence electrons. The van der Waals surface area contributed by atoms with Crippen LogP contribution >= 0.6 is 7.92 Å². The van der Waals surface area contributed by atoms with Crippen molar-refractivity contribution in [3.05, 3.63) is 72.8 Å². The van der Waals surface area contributed by atoms with Crippen molar-refractivity contribution < 1.29 is 10.2 Å². The average molecular weight is 374 g/mol. The number of hydrogen-bond acceptors (Lipinski definition) is 2. The minimum absolute atomic E-state index is 0.130. The molecule has 0 aromatic heterocycles. The second-order valence-electron chi connectivity index (χ2n) is 7.82. The first-order valence-electron chi connectivity index (χ1n) is 9.09. The van der Waals surface area contributed by atoms with Crippen molar-refractivity contribution in [2.45, 2.75) is 25.9 Å². The fraction of sp³-hybridized carbons (Fsp3) is 0.167. The van der Waals surface area contributed by atoms with E-state index in [2.05, 4.69) is 32.9 Å². The summed E-state index contributed by atoms with van der Waals surface area (Å²) in [5.41, 5.74) is 0. The summed E-state index contributed by atoms with van der Waals surface area (Å²) in [5, 5.41) is 27.6. The third-order valence-corrected chi connectivity index (χ3v) is 7.94. The van der Waals surface area contributed by atoms with E-state index in [4.69, 9.17) is 0 Å². The van der Waals surface area contributed by atoms with Crippen molar-refractivity contribution in [3.63, 3.8) is 0 Å². The van der Waals surface area contributed by atoms with E-state index in [-0.39, 0.29) is 5.16 Å². The maximum absolute atomic E-state index is 11.1. The topological polar surface area (TPSA) is 40.5 Å². The second-order valence-corrected chi connectivity index (χ2v) is 10.8. The average Bonchev–Trinajstić information content (AvgIpc) is 2.65. The highest BCUT2D eigenvalue weighted by molar-refractivity contribution is 7.74. The van der Waals surface area contributed by atoms with Crippen LogP contribution in [0.25, 0.3) is 21.5 Å². The van der Waals surface area contributed by atoms with Gasteiger partial charge in [-0.25, -0.2) is 0 Å². The lowest BCUT2D eigenvalue weighted by molar-refractivity contribution is 0.485.